The molecule has 0 radical (unpaired) electrons. The normalized spacial score (nSPS) is 13.1. The standard InChI is InChI=1S/C11H12F3N3/c12-11(13,14)10(6-15)8-17-5-3-9-2-1-4-16-7-9/h1-2,4,7,10,17H,3,5,8H2. The fraction of sp³-hybridized carbons (Fsp3) is 0.455. The molecule has 0 saturated heterocycles. The molecule has 0 spiro atoms. The van der Waals surface area contributed by atoms with Crippen LogP contribution in [-0.2, 0) is 6.42 Å². The van der Waals surface area contributed by atoms with E-state index in [1.54, 1.807) is 18.5 Å². The van der Waals surface area contributed by atoms with Crippen molar-refractivity contribution < 1.29 is 13.2 Å². The van der Waals surface area contributed by atoms with Crippen molar-refractivity contribution in [2.24, 2.45) is 5.92 Å². The molecule has 1 aromatic rings. The lowest BCUT2D eigenvalue weighted by Crippen LogP contribution is -2.33. The molecule has 1 rings (SSSR count). The first-order chi connectivity index (χ1) is 8.04. The number of pyridine rings is 1. The Morgan fingerprint density at radius 2 is 2.24 bits per heavy atom. The number of hydrogen-bond donors (Lipinski definition) is 1. The van der Waals surface area contributed by atoms with E-state index in [1.807, 2.05) is 6.07 Å². The van der Waals surface area contributed by atoms with Crippen molar-refractivity contribution in [3.63, 3.8) is 0 Å². The molecule has 0 fully saturated rings. The van der Waals surface area contributed by atoms with E-state index in [9.17, 15) is 13.2 Å². The summed E-state index contributed by atoms with van der Waals surface area (Å²) in [6.07, 6.45) is -0.584. The van der Waals surface area contributed by atoms with E-state index in [0.717, 1.165) is 5.56 Å². The lowest BCUT2D eigenvalue weighted by molar-refractivity contribution is -0.157. The van der Waals surface area contributed by atoms with Crippen molar-refractivity contribution in [2.45, 2.75) is 12.6 Å². The van der Waals surface area contributed by atoms with E-state index in [4.69, 9.17) is 5.26 Å². The van der Waals surface area contributed by atoms with Crippen LogP contribution in [0.4, 0.5) is 13.2 Å². The highest BCUT2D eigenvalue weighted by molar-refractivity contribution is 5.08. The van der Waals surface area contributed by atoms with Gasteiger partial charge in [0, 0.05) is 18.9 Å². The van der Waals surface area contributed by atoms with Gasteiger partial charge in [-0.2, -0.15) is 18.4 Å². The van der Waals surface area contributed by atoms with Crippen molar-refractivity contribution in [3.05, 3.63) is 30.1 Å². The highest BCUT2D eigenvalue weighted by Crippen LogP contribution is 2.24. The van der Waals surface area contributed by atoms with Crippen LogP contribution >= 0.6 is 0 Å². The zero-order valence-corrected chi connectivity index (χ0v) is 9.04. The number of aromatic nitrogens is 1. The highest BCUT2D eigenvalue weighted by Gasteiger charge is 2.39. The Bertz CT molecular complexity index is 370. The van der Waals surface area contributed by atoms with Crippen molar-refractivity contribution in [2.75, 3.05) is 13.1 Å². The first-order valence-corrected chi connectivity index (χ1v) is 5.10. The summed E-state index contributed by atoms with van der Waals surface area (Å²) >= 11 is 0. The molecular formula is C11H12F3N3. The molecule has 0 aromatic carbocycles. The SMILES string of the molecule is N#CC(CNCCc1cccnc1)C(F)(F)F. The molecule has 1 N–H and O–H groups in total. The molecule has 0 bridgehead atoms. The van der Waals surface area contributed by atoms with Crippen LogP contribution in [0.2, 0.25) is 0 Å². The van der Waals surface area contributed by atoms with Gasteiger partial charge in [-0.05, 0) is 24.6 Å². The Hall–Kier alpha value is -1.61. The number of alkyl halides is 3. The Morgan fingerprint density at radius 1 is 1.47 bits per heavy atom. The van der Waals surface area contributed by atoms with E-state index < -0.39 is 12.1 Å². The Labute approximate surface area is 97.3 Å². The van der Waals surface area contributed by atoms with E-state index >= 15 is 0 Å². The van der Waals surface area contributed by atoms with Gasteiger partial charge >= 0.3 is 6.18 Å². The number of nitrogens with one attached hydrogen (secondary N) is 1. The fourth-order valence-corrected chi connectivity index (χ4v) is 1.26. The predicted molar refractivity (Wildman–Crippen MR) is 56.0 cm³/mol. The molecule has 0 amide bonds. The van der Waals surface area contributed by atoms with Gasteiger partial charge in [-0.1, -0.05) is 6.07 Å². The Balaban J connectivity index is 2.27. The summed E-state index contributed by atoms with van der Waals surface area (Å²) in [7, 11) is 0. The van der Waals surface area contributed by atoms with Gasteiger partial charge in [-0.15, -0.1) is 0 Å². The summed E-state index contributed by atoms with van der Waals surface area (Å²) in [5.41, 5.74) is 0.945. The minimum Gasteiger partial charge on any atom is -0.315 e. The zero-order chi connectivity index (χ0) is 12.7. The third-order valence-electron chi connectivity index (χ3n) is 2.21. The molecule has 92 valence electrons. The molecule has 17 heavy (non-hydrogen) atoms. The molecule has 0 saturated carbocycles. The summed E-state index contributed by atoms with van der Waals surface area (Å²) < 4.78 is 36.6. The summed E-state index contributed by atoms with van der Waals surface area (Å²) in [6, 6.07) is 4.86. The van der Waals surface area contributed by atoms with E-state index in [0.29, 0.717) is 13.0 Å². The second-order valence-corrected chi connectivity index (χ2v) is 3.54. The van der Waals surface area contributed by atoms with Crippen molar-refractivity contribution >= 4 is 0 Å². The second kappa shape index (κ2) is 6.21. The summed E-state index contributed by atoms with van der Waals surface area (Å²) in [4.78, 5) is 3.89. The van der Waals surface area contributed by atoms with Crippen LogP contribution < -0.4 is 5.32 Å². The van der Waals surface area contributed by atoms with Gasteiger partial charge in [-0.25, -0.2) is 0 Å². The van der Waals surface area contributed by atoms with E-state index in [-0.39, 0.29) is 6.54 Å². The average Bonchev–Trinajstić information content (AvgIpc) is 2.28. The maximum atomic E-state index is 12.2. The van der Waals surface area contributed by atoms with Gasteiger partial charge in [0.2, 0.25) is 0 Å². The quantitative estimate of drug-likeness (QED) is 0.804. The van der Waals surface area contributed by atoms with Gasteiger partial charge in [0.1, 0.15) is 0 Å². The molecule has 1 unspecified atom stereocenters. The van der Waals surface area contributed by atoms with E-state index in [2.05, 4.69) is 10.3 Å². The Kier molecular flexibility index (Phi) is 4.91. The van der Waals surface area contributed by atoms with Gasteiger partial charge < -0.3 is 5.32 Å². The van der Waals surface area contributed by atoms with Crippen LogP contribution in [0, 0.1) is 17.2 Å². The van der Waals surface area contributed by atoms with Crippen LogP contribution in [0.5, 0.6) is 0 Å². The third-order valence-corrected chi connectivity index (χ3v) is 2.21. The zero-order valence-electron chi connectivity index (χ0n) is 9.04. The minimum absolute atomic E-state index is 0.375. The second-order valence-electron chi connectivity index (χ2n) is 3.54. The fourth-order valence-electron chi connectivity index (χ4n) is 1.26. The lowest BCUT2D eigenvalue weighted by Gasteiger charge is -2.13. The summed E-state index contributed by atoms with van der Waals surface area (Å²) in [5.74, 6) is -1.95. The highest BCUT2D eigenvalue weighted by atomic mass is 19.4. The molecule has 3 nitrogen and oxygen atoms in total. The smallest absolute Gasteiger partial charge is 0.315 e. The number of rotatable bonds is 5. The van der Waals surface area contributed by atoms with Gasteiger partial charge in [0.15, 0.2) is 5.92 Å². The number of hydrogen-bond acceptors (Lipinski definition) is 3. The molecule has 6 heteroatoms. The molecule has 1 aromatic heterocycles. The van der Waals surface area contributed by atoms with Crippen LogP contribution in [0.15, 0.2) is 24.5 Å². The first kappa shape index (κ1) is 13.5. The maximum Gasteiger partial charge on any atom is 0.405 e. The minimum atomic E-state index is -4.46. The number of nitrogens with zero attached hydrogens (tertiary/aromatic N) is 2. The van der Waals surface area contributed by atoms with Crippen molar-refractivity contribution in [3.8, 4) is 6.07 Å². The van der Waals surface area contributed by atoms with Crippen molar-refractivity contribution in [1.29, 1.82) is 5.26 Å². The molecule has 0 aliphatic rings. The van der Waals surface area contributed by atoms with Gasteiger partial charge in [0.05, 0.1) is 6.07 Å². The van der Waals surface area contributed by atoms with E-state index in [1.165, 1.54) is 6.07 Å². The molecule has 0 aliphatic heterocycles. The largest absolute Gasteiger partial charge is 0.405 e. The monoisotopic (exact) mass is 243 g/mol. The van der Waals surface area contributed by atoms with Crippen molar-refractivity contribution in [1.82, 2.24) is 10.3 Å². The van der Waals surface area contributed by atoms with Crippen LogP contribution in [0.3, 0.4) is 0 Å². The molecule has 1 atom stereocenters. The maximum absolute atomic E-state index is 12.2. The van der Waals surface area contributed by atoms with Crippen LogP contribution in [0.25, 0.3) is 0 Å². The lowest BCUT2D eigenvalue weighted by atomic mass is 10.1. The first-order valence-electron chi connectivity index (χ1n) is 5.10. The van der Waals surface area contributed by atoms with Crippen LogP contribution in [-0.4, -0.2) is 24.2 Å². The third kappa shape index (κ3) is 4.83. The average molecular weight is 243 g/mol. The summed E-state index contributed by atoms with van der Waals surface area (Å²) in [6.45, 7) is 0.0141. The predicted octanol–water partition coefficient (Wildman–Crippen LogP) is 1.92. The van der Waals surface area contributed by atoms with Gasteiger partial charge in [0.25, 0.3) is 0 Å². The molecule has 0 aliphatic carbocycles. The van der Waals surface area contributed by atoms with Crippen LogP contribution in [0.1, 0.15) is 5.56 Å². The molecule has 1 heterocycles. The number of nitriles is 1. The van der Waals surface area contributed by atoms with Gasteiger partial charge in [-0.3, -0.25) is 4.98 Å². The molecular weight excluding hydrogens is 231 g/mol. The summed E-state index contributed by atoms with van der Waals surface area (Å²) in [5, 5.41) is 11.0. The number of halogens is 3. The topological polar surface area (TPSA) is 48.7 Å². The Morgan fingerprint density at radius 3 is 2.76 bits per heavy atom.